The molecule has 0 aliphatic carbocycles. The van der Waals surface area contributed by atoms with Crippen molar-refractivity contribution >= 4 is 17.4 Å². The molecule has 0 fully saturated rings. The summed E-state index contributed by atoms with van der Waals surface area (Å²) in [4.78, 5) is 23.0. The third-order valence-corrected chi connectivity index (χ3v) is 3.10. The maximum absolute atomic E-state index is 11.7. The maximum atomic E-state index is 11.7. The van der Waals surface area contributed by atoms with Crippen LogP contribution in [0.15, 0.2) is 18.2 Å². The van der Waals surface area contributed by atoms with Crippen LogP contribution in [0.25, 0.3) is 0 Å². The van der Waals surface area contributed by atoms with Gasteiger partial charge in [0.2, 0.25) is 5.91 Å². The first-order valence-electron chi connectivity index (χ1n) is 5.55. The molecule has 0 spiro atoms. The molecule has 1 amide bonds. The van der Waals surface area contributed by atoms with Crippen LogP contribution in [0, 0.1) is 5.92 Å². The van der Waals surface area contributed by atoms with Gasteiger partial charge in [-0.05, 0) is 30.9 Å². The fourth-order valence-corrected chi connectivity index (χ4v) is 2.13. The minimum atomic E-state index is -0.514. The summed E-state index contributed by atoms with van der Waals surface area (Å²) in [6.45, 7) is 3.53. The van der Waals surface area contributed by atoms with E-state index in [4.69, 9.17) is 0 Å². The second kappa shape index (κ2) is 4.08. The van der Waals surface area contributed by atoms with Gasteiger partial charge >= 0.3 is 0 Å². The summed E-state index contributed by atoms with van der Waals surface area (Å²) in [5.74, 6) is -0.745. The van der Waals surface area contributed by atoms with Gasteiger partial charge in [0.25, 0.3) is 0 Å². The number of para-hydroxylation sites is 1. The van der Waals surface area contributed by atoms with E-state index in [9.17, 15) is 9.59 Å². The highest BCUT2D eigenvalue weighted by atomic mass is 16.2. The molecule has 1 unspecified atom stereocenters. The van der Waals surface area contributed by atoms with Crippen LogP contribution in [0.2, 0.25) is 0 Å². The molecule has 0 saturated carbocycles. The number of aryl methyl sites for hydroxylation is 1. The average molecular weight is 217 g/mol. The molecule has 0 saturated heterocycles. The summed E-state index contributed by atoms with van der Waals surface area (Å²) in [6, 6.07) is 5.96. The molecule has 3 heteroatoms. The number of hydrogen-bond acceptors (Lipinski definition) is 2. The number of ketones is 1. The normalized spacial score (nSPS) is 18.9. The van der Waals surface area contributed by atoms with Crippen LogP contribution in [0.1, 0.15) is 25.0 Å². The van der Waals surface area contributed by atoms with Crippen molar-refractivity contribution < 1.29 is 9.59 Å². The van der Waals surface area contributed by atoms with Gasteiger partial charge in [0.05, 0.1) is 0 Å². The van der Waals surface area contributed by atoms with Gasteiger partial charge in [0.1, 0.15) is 11.7 Å². The number of Topliss-reactive ketones (excluding diaryl/α,β-unsaturated/α-hetero) is 1. The monoisotopic (exact) mass is 217 g/mol. The molecule has 0 radical (unpaired) electrons. The van der Waals surface area contributed by atoms with Gasteiger partial charge in [-0.15, -0.1) is 0 Å². The second-order valence-electron chi connectivity index (χ2n) is 4.16. The van der Waals surface area contributed by atoms with Crippen LogP contribution in [-0.4, -0.2) is 11.7 Å². The van der Waals surface area contributed by atoms with E-state index < -0.39 is 5.92 Å². The van der Waals surface area contributed by atoms with Gasteiger partial charge in [-0.25, -0.2) is 0 Å². The van der Waals surface area contributed by atoms with E-state index in [-0.39, 0.29) is 11.7 Å². The van der Waals surface area contributed by atoms with E-state index >= 15 is 0 Å². The quantitative estimate of drug-likeness (QED) is 0.769. The van der Waals surface area contributed by atoms with E-state index in [0.29, 0.717) is 6.42 Å². The van der Waals surface area contributed by atoms with Crippen molar-refractivity contribution in [1.29, 1.82) is 0 Å². The smallest absolute Gasteiger partial charge is 0.235 e. The predicted octanol–water partition coefficient (Wildman–Crippen LogP) is 1.95. The maximum Gasteiger partial charge on any atom is 0.235 e. The standard InChI is InChI=1S/C13H15NO2/c1-3-9-5-4-6-10-7-11(8(2)15)13(16)14-12(9)10/h4-6,11H,3,7H2,1-2H3,(H,14,16). The molecule has 84 valence electrons. The Morgan fingerprint density at radius 2 is 2.25 bits per heavy atom. The van der Waals surface area contributed by atoms with Crippen molar-refractivity contribution in [2.45, 2.75) is 26.7 Å². The van der Waals surface area contributed by atoms with Crippen LogP contribution in [-0.2, 0) is 22.4 Å². The number of carbonyl (C=O) groups excluding carboxylic acids is 2. The highest BCUT2D eigenvalue weighted by Gasteiger charge is 2.30. The first kappa shape index (κ1) is 10.9. The minimum Gasteiger partial charge on any atom is -0.325 e. The summed E-state index contributed by atoms with van der Waals surface area (Å²) in [5, 5.41) is 2.85. The zero-order valence-electron chi connectivity index (χ0n) is 9.54. The number of rotatable bonds is 2. The molecule has 1 N–H and O–H groups in total. The van der Waals surface area contributed by atoms with Gasteiger partial charge in [0.15, 0.2) is 0 Å². The van der Waals surface area contributed by atoms with Crippen LogP contribution < -0.4 is 5.32 Å². The highest BCUT2D eigenvalue weighted by Crippen LogP contribution is 2.29. The fraction of sp³-hybridized carbons (Fsp3) is 0.385. The molecular weight excluding hydrogens is 202 g/mol. The Labute approximate surface area is 94.9 Å². The molecule has 0 aromatic heterocycles. The molecule has 1 aromatic carbocycles. The van der Waals surface area contributed by atoms with Crippen LogP contribution in [0.3, 0.4) is 0 Å². The van der Waals surface area contributed by atoms with Gasteiger partial charge in [-0.1, -0.05) is 25.1 Å². The van der Waals surface area contributed by atoms with E-state index in [2.05, 4.69) is 12.2 Å². The molecule has 1 heterocycles. The molecule has 2 rings (SSSR count). The van der Waals surface area contributed by atoms with Crippen molar-refractivity contribution in [3.63, 3.8) is 0 Å². The summed E-state index contributed by atoms with van der Waals surface area (Å²) >= 11 is 0. The molecule has 1 aliphatic rings. The minimum absolute atomic E-state index is 0.0648. The van der Waals surface area contributed by atoms with Crippen molar-refractivity contribution in [2.75, 3.05) is 5.32 Å². The summed E-state index contributed by atoms with van der Waals surface area (Å²) in [6.07, 6.45) is 1.42. The number of amides is 1. The van der Waals surface area contributed by atoms with E-state index in [1.807, 2.05) is 18.2 Å². The van der Waals surface area contributed by atoms with Gasteiger partial charge < -0.3 is 5.32 Å². The fourth-order valence-electron chi connectivity index (χ4n) is 2.13. The van der Waals surface area contributed by atoms with Gasteiger partial charge in [-0.3, -0.25) is 9.59 Å². The average Bonchev–Trinajstić information content (AvgIpc) is 2.27. The lowest BCUT2D eigenvalue weighted by Crippen LogP contribution is -2.34. The van der Waals surface area contributed by atoms with Gasteiger partial charge in [-0.2, -0.15) is 0 Å². The van der Waals surface area contributed by atoms with Crippen molar-refractivity contribution in [3.05, 3.63) is 29.3 Å². The SMILES string of the molecule is CCc1cccc2c1NC(=O)C(C(C)=O)C2. The highest BCUT2D eigenvalue weighted by molar-refractivity contribution is 6.08. The van der Waals surface area contributed by atoms with E-state index in [0.717, 1.165) is 23.2 Å². The van der Waals surface area contributed by atoms with Crippen molar-refractivity contribution in [2.24, 2.45) is 5.92 Å². The topological polar surface area (TPSA) is 46.2 Å². The molecule has 1 atom stereocenters. The summed E-state index contributed by atoms with van der Waals surface area (Å²) < 4.78 is 0. The number of carbonyl (C=O) groups is 2. The zero-order chi connectivity index (χ0) is 11.7. The number of anilines is 1. The lowest BCUT2D eigenvalue weighted by molar-refractivity contribution is -0.130. The molecule has 0 bridgehead atoms. The second-order valence-corrected chi connectivity index (χ2v) is 4.16. The molecule has 3 nitrogen and oxygen atoms in total. The largest absolute Gasteiger partial charge is 0.325 e. The Bertz CT molecular complexity index is 451. The third-order valence-electron chi connectivity index (χ3n) is 3.10. The van der Waals surface area contributed by atoms with Crippen LogP contribution in [0.4, 0.5) is 5.69 Å². The summed E-state index contributed by atoms with van der Waals surface area (Å²) in [5.41, 5.74) is 3.11. The Morgan fingerprint density at radius 1 is 1.50 bits per heavy atom. The number of fused-ring (bicyclic) bond motifs is 1. The predicted molar refractivity (Wildman–Crippen MR) is 62.3 cm³/mol. The number of hydrogen-bond donors (Lipinski definition) is 1. The Balaban J connectivity index is 2.42. The van der Waals surface area contributed by atoms with E-state index in [1.54, 1.807) is 0 Å². The van der Waals surface area contributed by atoms with Crippen LogP contribution in [0.5, 0.6) is 0 Å². The van der Waals surface area contributed by atoms with E-state index in [1.165, 1.54) is 6.92 Å². The molecule has 1 aromatic rings. The van der Waals surface area contributed by atoms with Crippen molar-refractivity contribution in [1.82, 2.24) is 0 Å². The third kappa shape index (κ3) is 1.73. The Morgan fingerprint density at radius 3 is 2.88 bits per heavy atom. The number of nitrogens with one attached hydrogen (secondary N) is 1. The lowest BCUT2D eigenvalue weighted by atomic mass is 9.88. The molecular formula is C13H15NO2. The summed E-state index contributed by atoms with van der Waals surface area (Å²) in [7, 11) is 0. The molecule has 16 heavy (non-hydrogen) atoms. The zero-order valence-corrected chi connectivity index (χ0v) is 9.54. The Kier molecular flexibility index (Phi) is 2.77. The van der Waals surface area contributed by atoms with Gasteiger partial charge in [0, 0.05) is 5.69 Å². The first-order chi connectivity index (χ1) is 7.63. The van der Waals surface area contributed by atoms with Crippen molar-refractivity contribution in [3.8, 4) is 0 Å². The first-order valence-corrected chi connectivity index (χ1v) is 5.55. The number of benzene rings is 1. The lowest BCUT2D eigenvalue weighted by Gasteiger charge is -2.24. The van der Waals surface area contributed by atoms with Crippen LogP contribution >= 0.6 is 0 Å². The Hall–Kier alpha value is -1.64. The molecule has 1 aliphatic heterocycles.